The first-order valence-electron chi connectivity index (χ1n) is 8.62. The van der Waals surface area contributed by atoms with Crippen molar-refractivity contribution in [3.63, 3.8) is 0 Å². The summed E-state index contributed by atoms with van der Waals surface area (Å²) in [6.07, 6.45) is 7.03. The van der Waals surface area contributed by atoms with E-state index < -0.39 is 0 Å². The van der Waals surface area contributed by atoms with Crippen molar-refractivity contribution in [1.29, 1.82) is 0 Å². The summed E-state index contributed by atoms with van der Waals surface area (Å²) >= 11 is 0. The van der Waals surface area contributed by atoms with E-state index in [1.165, 1.54) is 19.3 Å². The Bertz CT molecular complexity index is 718. The summed E-state index contributed by atoms with van der Waals surface area (Å²) in [4.78, 5) is 13.0. The molecule has 2 saturated carbocycles. The Labute approximate surface area is 130 Å². The average Bonchev–Trinajstić information content (AvgIpc) is 2.76. The first kappa shape index (κ1) is 14.1. The molecule has 0 unspecified atom stereocenters. The van der Waals surface area contributed by atoms with Gasteiger partial charge in [-0.15, -0.1) is 0 Å². The van der Waals surface area contributed by atoms with Gasteiger partial charge < -0.3 is 5.11 Å². The monoisotopic (exact) mass is 300 g/mol. The maximum absolute atomic E-state index is 13.0. The Morgan fingerprint density at radius 1 is 1.00 bits per heavy atom. The predicted octanol–water partition coefficient (Wildman–Crippen LogP) is 3.08. The number of aromatic nitrogens is 2. The second-order valence-corrected chi connectivity index (χ2v) is 7.01. The summed E-state index contributed by atoms with van der Waals surface area (Å²) in [6.45, 7) is 0.863. The Morgan fingerprint density at radius 2 is 1.68 bits per heavy atom. The van der Waals surface area contributed by atoms with Crippen LogP contribution >= 0.6 is 0 Å². The van der Waals surface area contributed by atoms with E-state index in [2.05, 4.69) is 12.1 Å². The van der Waals surface area contributed by atoms with Gasteiger partial charge in [0.1, 0.15) is 0 Å². The van der Waals surface area contributed by atoms with E-state index in [0.717, 1.165) is 43.3 Å². The molecule has 0 atom stereocenters. The van der Waals surface area contributed by atoms with Gasteiger partial charge in [0.25, 0.3) is 0 Å². The van der Waals surface area contributed by atoms with Gasteiger partial charge in [-0.3, -0.25) is 9.13 Å². The van der Waals surface area contributed by atoms with Gasteiger partial charge in [-0.1, -0.05) is 18.6 Å². The van der Waals surface area contributed by atoms with Crippen LogP contribution in [-0.2, 0) is 6.54 Å². The summed E-state index contributed by atoms with van der Waals surface area (Å²) < 4.78 is 3.99. The lowest BCUT2D eigenvalue weighted by molar-refractivity contribution is 0.110. The maximum atomic E-state index is 13.0. The Morgan fingerprint density at radius 3 is 2.32 bits per heavy atom. The number of rotatable bonds is 3. The normalized spacial score (nSPS) is 26.2. The van der Waals surface area contributed by atoms with Gasteiger partial charge >= 0.3 is 5.69 Å². The fourth-order valence-electron chi connectivity index (χ4n) is 4.01. The molecule has 2 aromatic rings. The second kappa shape index (κ2) is 5.58. The summed E-state index contributed by atoms with van der Waals surface area (Å²) in [6, 6.07) is 8.42. The molecule has 4 heteroatoms. The number of hydrogen-bond acceptors (Lipinski definition) is 2. The zero-order valence-electron chi connectivity index (χ0n) is 12.9. The van der Waals surface area contributed by atoms with Crippen molar-refractivity contribution in [3.8, 4) is 0 Å². The molecule has 0 amide bonds. The second-order valence-electron chi connectivity index (χ2n) is 7.01. The molecule has 0 aliphatic heterocycles. The van der Waals surface area contributed by atoms with Crippen LogP contribution in [0.4, 0.5) is 0 Å². The number of aliphatic hydroxyl groups is 1. The highest BCUT2D eigenvalue weighted by Gasteiger charge is 2.27. The molecule has 0 bridgehead atoms. The molecule has 1 heterocycles. The van der Waals surface area contributed by atoms with Gasteiger partial charge in [0.15, 0.2) is 0 Å². The van der Waals surface area contributed by atoms with Gasteiger partial charge in [-0.05, 0) is 56.6 Å². The molecule has 4 nitrogen and oxygen atoms in total. The van der Waals surface area contributed by atoms with Gasteiger partial charge in [-0.25, -0.2) is 4.79 Å². The Kier molecular flexibility index (Phi) is 3.57. The molecule has 4 rings (SSSR count). The highest BCUT2D eigenvalue weighted by Crippen LogP contribution is 2.32. The van der Waals surface area contributed by atoms with Crippen LogP contribution in [0.25, 0.3) is 11.0 Å². The predicted molar refractivity (Wildman–Crippen MR) is 87.1 cm³/mol. The molecular weight excluding hydrogens is 276 g/mol. The molecule has 118 valence electrons. The highest BCUT2D eigenvalue weighted by molar-refractivity contribution is 5.76. The van der Waals surface area contributed by atoms with Crippen LogP contribution in [-0.4, -0.2) is 20.3 Å². The average molecular weight is 300 g/mol. The molecule has 0 saturated heterocycles. The van der Waals surface area contributed by atoms with Gasteiger partial charge in [0.2, 0.25) is 0 Å². The number of fused-ring (bicyclic) bond motifs is 1. The summed E-state index contributed by atoms with van der Waals surface area (Å²) in [5.41, 5.74) is 2.29. The standard InChI is InChI=1S/C18H24N2O2/c21-15-10-8-14(9-11-15)20-17-7-2-1-6-16(17)19(18(20)22)12-13-4-3-5-13/h1-2,6-7,13-15,21H,3-5,8-12H2. The zero-order valence-corrected chi connectivity index (χ0v) is 12.9. The fourth-order valence-corrected chi connectivity index (χ4v) is 4.01. The summed E-state index contributed by atoms with van der Waals surface area (Å²) in [5, 5.41) is 9.73. The summed E-state index contributed by atoms with van der Waals surface area (Å²) in [7, 11) is 0. The number of nitrogens with zero attached hydrogens (tertiary/aromatic N) is 2. The van der Waals surface area contributed by atoms with Crippen LogP contribution in [0, 0.1) is 5.92 Å². The molecule has 1 aromatic carbocycles. The van der Waals surface area contributed by atoms with Crippen molar-refractivity contribution >= 4 is 11.0 Å². The molecule has 2 aliphatic rings. The van der Waals surface area contributed by atoms with E-state index in [-0.39, 0.29) is 17.8 Å². The quantitative estimate of drug-likeness (QED) is 0.947. The van der Waals surface area contributed by atoms with Crippen LogP contribution in [0.3, 0.4) is 0 Å². The van der Waals surface area contributed by atoms with Gasteiger partial charge in [0, 0.05) is 12.6 Å². The van der Waals surface area contributed by atoms with Crippen molar-refractivity contribution in [1.82, 2.24) is 9.13 Å². The van der Waals surface area contributed by atoms with Crippen LogP contribution in [0.1, 0.15) is 51.0 Å². The molecule has 1 N–H and O–H groups in total. The molecule has 0 radical (unpaired) electrons. The maximum Gasteiger partial charge on any atom is 0.329 e. The third-order valence-corrected chi connectivity index (χ3v) is 5.57. The first-order valence-corrected chi connectivity index (χ1v) is 8.62. The van der Waals surface area contributed by atoms with Gasteiger partial charge in [-0.2, -0.15) is 0 Å². The highest BCUT2D eigenvalue weighted by atomic mass is 16.3. The summed E-state index contributed by atoms with van der Waals surface area (Å²) in [5.74, 6) is 0.671. The first-order chi connectivity index (χ1) is 10.7. The van der Waals surface area contributed by atoms with Crippen LogP contribution in [0.5, 0.6) is 0 Å². The van der Waals surface area contributed by atoms with E-state index in [9.17, 15) is 9.90 Å². The van der Waals surface area contributed by atoms with Crippen LogP contribution in [0.2, 0.25) is 0 Å². The lowest BCUT2D eigenvalue weighted by Crippen LogP contribution is -2.32. The molecule has 0 spiro atoms. The van der Waals surface area contributed by atoms with E-state index in [1.54, 1.807) is 0 Å². The Hall–Kier alpha value is -1.55. The number of benzene rings is 1. The lowest BCUT2D eigenvalue weighted by Gasteiger charge is -2.27. The molecular formula is C18H24N2O2. The van der Waals surface area contributed by atoms with Crippen LogP contribution in [0.15, 0.2) is 29.1 Å². The van der Waals surface area contributed by atoms with Crippen molar-refractivity contribution in [2.75, 3.05) is 0 Å². The lowest BCUT2D eigenvalue weighted by atomic mass is 9.85. The number of hydrogen-bond donors (Lipinski definition) is 1. The number of para-hydroxylation sites is 2. The van der Waals surface area contributed by atoms with Crippen molar-refractivity contribution < 1.29 is 5.11 Å². The van der Waals surface area contributed by atoms with Crippen LogP contribution < -0.4 is 5.69 Å². The third-order valence-electron chi connectivity index (χ3n) is 5.57. The minimum absolute atomic E-state index is 0.148. The third kappa shape index (κ3) is 2.30. The van der Waals surface area contributed by atoms with E-state index >= 15 is 0 Å². The van der Waals surface area contributed by atoms with E-state index in [1.807, 2.05) is 21.3 Å². The fraction of sp³-hybridized carbons (Fsp3) is 0.611. The number of aliphatic hydroxyl groups excluding tert-OH is 1. The van der Waals surface area contributed by atoms with Crippen molar-refractivity contribution in [2.45, 2.75) is 63.6 Å². The molecule has 1 aromatic heterocycles. The van der Waals surface area contributed by atoms with E-state index in [4.69, 9.17) is 0 Å². The smallest absolute Gasteiger partial charge is 0.329 e. The van der Waals surface area contributed by atoms with E-state index in [0.29, 0.717) is 5.92 Å². The largest absolute Gasteiger partial charge is 0.393 e. The zero-order chi connectivity index (χ0) is 15.1. The molecule has 2 fully saturated rings. The molecule has 2 aliphatic carbocycles. The molecule has 22 heavy (non-hydrogen) atoms. The van der Waals surface area contributed by atoms with Crippen molar-refractivity contribution in [3.05, 3.63) is 34.7 Å². The number of imidazole rings is 1. The Balaban J connectivity index is 1.77. The topological polar surface area (TPSA) is 47.2 Å². The minimum Gasteiger partial charge on any atom is -0.393 e. The minimum atomic E-state index is -0.185. The van der Waals surface area contributed by atoms with Gasteiger partial charge in [0.05, 0.1) is 17.1 Å². The van der Waals surface area contributed by atoms with Crippen molar-refractivity contribution in [2.24, 2.45) is 5.92 Å². The SMILES string of the molecule is O=c1n(CC2CCC2)c2ccccc2n1C1CCC(O)CC1.